The Kier molecular flexibility index (Phi) is 6.02. The second-order valence-corrected chi connectivity index (χ2v) is 11.0. The van der Waals surface area contributed by atoms with Crippen molar-refractivity contribution >= 4 is 27.0 Å². The molecule has 1 N–H and O–H groups in total. The zero-order valence-corrected chi connectivity index (χ0v) is 19.8. The average Bonchev–Trinajstić information content (AvgIpc) is 3.20. The average molecular weight is 486 g/mol. The Labute approximate surface area is 195 Å². The lowest BCUT2D eigenvalue weighted by Crippen LogP contribution is -2.16. The molecule has 2 aromatic carbocycles. The number of halogens is 2. The van der Waals surface area contributed by atoms with E-state index in [1.165, 1.54) is 17.4 Å². The van der Waals surface area contributed by atoms with Crippen LogP contribution in [-0.2, 0) is 15.4 Å². The number of anilines is 1. The van der Waals surface area contributed by atoms with Gasteiger partial charge in [-0.25, -0.2) is 22.2 Å². The molecule has 0 fully saturated rings. The van der Waals surface area contributed by atoms with Crippen molar-refractivity contribution in [3.63, 3.8) is 0 Å². The maximum atomic E-state index is 14.1. The second-order valence-electron chi connectivity index (χ2n) is 8.42. The zero-order valence-electron chi connectivity index (χ0n) is 18.1. The number of rotatable bonds is 5. The van der Waals surface area contributed by atoms with E-state index in [1.807, 2.05) is 18.2 Å². The highest BCUT2D eigenvalue weighted by Gasteiger charge is 2.25. The molecule has 9 heteroatoms. The fourth-order valence-electron chi connectivity index (χ4n) is 3.21. The number of hydrogen-bond donors (Lipinski definition) is 1. The van der Waals surface area contributed by atoms with Crippen LogP contribution in [0.2, 0.25) is 0 Å². The van der Waals surface area contributed by atoms with E-state index < -0.39 is 26.6 Å². The van der Waals surface area contributed by atoms with Crippen LogP contribution in [0.1, 0.15) is 25.8 Å². The van der Waals surface area contributed by atoms with Crippen LogP contribution in [0.3, 0.4) is 0 Å². The lowest BCUT2D eigenvalue weighted by molar-refractivity contribution is 0.521. The molecule has 0 aliphatic heterocycles. The minimum atomic E-state index is -4.47. The van der Waals surface area contributed by atoms with Gasteiger partial charge in [-0.2, -0.15) is 0 Å². The van der Waals surface area contributed by atoms with Crippen molar-refractivity contribution in [3.8, 4) is 21.7 Å². The highest BCUT2D eigenvalue weighted by molar-refractivity contribution is 7.92. The van der Waals surface area contributed by atoms with Crippen molar-refractivity contribution in [2.24, 2.45) is 0 Å². The maximum absolute atomic E-state index is 14.1. The van der Waals surface area contributed by atoms with Crippen LogP contribution >= 0.6 is 11.3 Å². The van der Waals surface area contributed by atoms with Crippen molar-refractivity contribution in [1.29, 1.82) is 0 Å². The van der Waals surface area contributed by atoms with E-state index in [4.69, 9.17) is 4.98 Å². The van der Waals surface area contributed by atoms with Gasteiger partial charge in [0.1, 0.15) is 11.6 Å². The third kappa shape index (κ3) is 4.79. The predicted molar refractivity (Wildman–Crippen MR) is 127 cm³/mol. The van der Waals surface area contributed by atoms with E-state index in [2.05, 4.69) is 30.5 Å². The molecule has 2 heterocycles. The normalized spacial score (nSPS) is 12.0. The third-order valence-electron chi connectivity index (χ3n) is 4.79. The Morgan fingerprint density at radius 3 is 2.18 bits per heavy atom. The smallest absolute Gasteiger partial charge is 0.267 e. The van der Waals surface area contributed by atoms with Gasteiger partial charge in [0.2, 0.25) is 0 Å². The zero-order chi connectivity index (χ0) is 23.8. The minimum absolute atomic E-state index is 0.182. The first-order valence-electron chi connectivity index (χ1n) is 10.1. The molecule has 0 saturated heterocycles. The molecule has 4 rings (SSSR count). The molecule has 0 aliphatic carbocycles. The molecule has 0 saturated carbocycles. The molecular weight excluding hydrogens is 464 g/mol. The van der Waals surface area contributed by atoms with Crippen LogP contribution in [0, 0.1) is 11.6 Å². The van der Waals surface area contributed by atoms with Crippen LogP contribution in [0.15, 0.2) is 71.9 Å². The van der Waals surface area contributed by atoms with Gasteiger partial charge < -0.3 is 0 Å². The minimum Gasteiger partial charge on any atom is -0.279 e. The summed E-state index contributed by atoms with van der Waals surface area (Å²) in [4.78, 5) is 8.76. The number of sulfonamides is 1. The summed E-state index contributed by atoms with van der Waals surface area (Å²) in [6.45, 7) is 6.21. The van der Waals surface area contributed by atoms with E-state index in [9.17, 15) is 17.2 Å². The summed E-state index contributed by atoms with van der Waals surface area (Å²) in [5.74, 6) is -2.31. The standard InChI is InChI=1S/C24H21F2N3O2S2/c1-24(2,3)23-28-20(15-10-12-27-13-11-15)21(32-23)16-6-4-7-17(14-16)29-33(30,31)22-18(25)8-5-9-19(22)26/h4-14,29H,1-3H3. The fraction of sp³-hybridized carbons (Fsp3) is 0.167. The topological polar surface area (TPSA) is 72.0 Å². The van der Waals surface area contributed by atoms with Gasteiger partial charge >= 0.3 is 0 Å². The molecule has 0 bridgehead atoms. The van der Waals surface area contributed by atoms with Crippen LogP contribution in [0.5, 0.6) is 0 Å². The van der Waals surface area contributed by atoms with Gasteiger partial charge in [0.15, 0.2) is 4.90 Å². The number of thiazole rings is 1. The number of aromatic nitrogens is 2. The van der Waals surface area contributed by atoms with E-state index in [-0.39, 0.29) is 11.1 Å². The van der Waals surface area contributed by atoms with E-state index in [0.717, 1.165) is 44.9 Å². The second kappa shape index (κ2) is 8.64. The van der Waals surface area contributed by atoms with Crippen LogP contribution in [0.4, 0.5) is 14.5 Å². The number of nitrogens with one attached hydrogen (secondary N) is 1. The Morgan fingerprint density at radius 1 is 0.909 bits per heavy atom. The highest BCUT2D eigenvalue weighted by Crippen LogP contribution is 2.41. The fourth-order valence-corrected chi connectivity index (χ4v) is 5.54. The Balaban J connectivity index is 1.78. The van der Waals surface area contributed by atoms with E-state index in [0.29, 0.717) is 0 Å². The van der Waals surface area contributed by atoms with Crippen LogP contribution < -0.4 is 4.72 Å². The first-order valence-corrected chi connectivity index (χ1v) is 12.4. The van der Waals surface area contributed by atoms with Gasteiger partial charge in [0.05, 0.1) is 15.6 Å². The van der Waals surface area contributed by atoms with Gasteiger partial charge in [0, 0.05) is 29.1 Å². The molecule has 2 aromatic heterocycles. The van der Waals surface area contributed by atoms with Crippen molar-refractivity contribution in [1.82, 2.24) is 9.97 Å². The maximum Gasteiger partial charge on any atom is 0.267 e. The summed E-state index contributed by atoms with van der Waals surface area (Å²) in [6.07, 6.45) is 3.37. The molecule has 0 aliphatic rings. The number of nitrogens with zero attached hydrogens (tertiary/aromatic N) is 2. The van der Waals surface area contributed by atoms with Gasteiger partial charge in [-0.05, 0) is 42.0 Å². The summed E-state index contributed by atoms with van der Waals surface area (Å²) >= 11 is 1.51. The van der Waals surface area contributed by atoms with Gasteiger partial charge in [0.25, 0.3) is 10.0 Å². The van der Waals surface area contributed by atoms with E-state index >= 15 is 0 Å². The van der Waals surface area contributed by atoms with Gasteiger partial charge in [-0.3, -0.25) is 9.71 Å². The summed E-state index contributed by atoms with van der Waals surface area (Å²) in [5.41, 5.74) is 2.36. The molecule has 0 unspecified atom stereocenters. The first-order chi connectivity index (χ1) is 15.6. The Hall–Kier alpha value is -3.17. The van der Waals surface area contributed by atoms with Crippen molar-refractivity contribution in [3.05, 3.63) is 83.6 Å². The number of hydrogen-bond acceptors (Lipinski definition) is 5. The lowest BCUT2D eigenvalue weighted by atomic mass is 9.98. The SMILES string of the molecule is CC(C)(C)c1nc(-c2ccncc2)c(-c2cccc(NS(=O)(=O)c3c(F)cccc3F)c2)s1. The molecule has 33 heavy (non-hydrogen) atoms. The lowest BCUT2D eigenvalue weighted by Gasteiger charge is -2.13. The Morgan fingerprint density at radius 2 is 1.55 bits per heavy atom. The first kappa shape index (κ1) is 23.0. The summed E-state index contributed by atoms with van der Waals surface area (Å²) in [5, 5.41) is 0.920. The van der Waals surface area contributed by atoms with Crippen LogP contribution in [-0.4, -0.2) is 18.4 Å². The molecule has 5 nitrogen and oxygen atoms in total. The highest BCUT2D eigenvalue weighted by atomic mass is 32.2. The molecule has 170 valence electrons. The Bertz CT molecular complexity index is 1390. The molecule has 0 atom stereocenters. The molecule has 4 aromatic rings. The molecule has 0 spiro atoms. The monoisotopic (exact) mass is 485 g/mol. The number of pyridine rings is 1. The quantitative estimate of drug-likeness (QED) is 0.363. The van der Waals surface area contributed by atoms with Gasteiger partial charge in [-0.15, -0.1) is 11.3 Å². The van der Waals surface area contributed by atoms with Crippen molar-refractivity contribution < 1.29 is 17.2 Å². The van der Waals surface area contributed by atoms with E-state index in [1.54, 1.807) is 24.5 Å². The largest absolute Gasteiger partial charge is 0.279 e. The summed E-state index contributed by atoms with van der Waals surface area (Å²) < 4.78 is 55.9. The molecular formula is C24H21F2N3O2S2. The van der Waals surface area contributed by atoms with Crippen molar-refractivity contribution in [2.45, 2.75) is 31.1 Å². The predicted octanol–water partition coefficient (Wildman–Crippen LogP) is 6.25. The third-order valence-corrected chi connectivity index (χ3v) is 7.75. The summed E-state index contributed by atoms with van der Waals surface area (Å²) in [6, 6.07) is 13.3. The van der Waals surface area contributed by atoms with Crippen LogP contribution in [0.25, 0.3) is 21.7 Å². The number of benzene rings is 2. The molecule has 0 amide bonds. The summed E-state index contributed by atoms with van der Waals surface area (Å²) in [7, 11) is -4.47. The van der Waals surface area contributed by atoms with Gasteiger partial charge in [-0.1, -0.05) is 39.0 Å². The van der Waals surface area contributed by atoms with Crippen molar-refractivity contribution in [2.75, 3.05) is 4.72 Å². The molecule has 0 radical (unpaired) electrons.